The molecular weight excluding hydrogens is 366 g/mol. The molecule has 0 aromatic heterocycles. The summed E-state index contributed by atoms with van der Waals surface area (Å²) in [6, 6.07) is 11.3. The maximum atomic E-state index is 13.2. The van der Waals surface area contributed by atoms with Crippen molar-refractivity contribution in [1.82, 2.24) is 0 Å². The monoisotopic (exact) mass is 391 g/mol. The SMILES string of the molecule is CCOC(=O)c1cccc(N(CC)S(=O)(=O)c2ccc(OCC)cc2)c1C. The number of ether oxygens (including phenoxy) is 2. The summed E-state index contributed by atoms with van der Waals surface area (Å²) in [5, 5.41) is 0. The summed E-state index contributed by atoms with van der Waals surface area (Å²) in [5.41, 5.74) is 1.37. The minimum atomic E-state index is -3.79. The lowest BCUT2D eigenvalue weighted by Crippen LogP contribution is -2.31. The highest BCUT2D eigenvalue weighted by Gasteiger charge is 2.26. The number of rotatable bonds is 8. The first kappa shape index (κ1) is 20.8. The van der Waals surface area contributed by atoms with Gasteiger partial charge in [-0.05, 0) is 69.7 Å². The molecule has 0 saturated carbocycles. The fraction of sp³-hybridized carbons (Fsp3) is 0.350. The molecule has 0 aliphatic heterocycles. The largest absolute Gasteiger partial charge is 0.494 e. The van der Waals surface area contributed by atoms with E-state index in [1.165, 1.54) is 16.4 Å². The van der Waals surface area contributed by atoms with Gasteiger partial charge in [-0.25, -0.2) is 13.2 Å². The van der Waals surface area contributed by atoms with E-state index in [4.69, 9.17) is 9.47 Å². The van der Waals surface area contributed by atoms with Crippen LogP contribution in [0.1, 0.15) is 36.7 Å². The molecule has 0 unspecified atom stereocenters. The maximum absolute atomic E-state index is 13.2. The first-order valence-corrected chi connectivity index (χ1v) is 10.3. The standard InChI is InChI=1S/C20H25NO5S/c1-5-21(19-10-8-9-18(15(19)4)20(22)26-7-3)27(23,24)17-13-11-16(12-14-17)25-6-2/h8-14H,5-7H2,1-4H3. The van der Waals surface area contributed by atoms with Gasteiger partial charge in [-0.2, -0.15) is 0 Å². The van der Waals surface area contributed by atoms with E-state index in [9.17, 15) is 13.2 Å². The average Bonchev–Trinajstić information content (AvgIpc) is 2.64. The Morgan fingerprint density at radius 3 is 2.22 bits per heavy atom. The van der Waals surface area contributed by atoms with Gasteiger partial charge in [0.1, 0.15) is 5.75 Å². The Morgan fingerprint density at radius 2 is 1.67 bits per heavy atom. The van der Waals surface area contributed by atoms with Gasteiger partial charge in [-0.3, -0.25) is 4.31 Å². The van der Waals surface area contributed by atoms with E-state index in [1.807, 2.05) is 6.92 Å². The van der Waals surface area contributed by atoms with E-state index in [0.29, 0.717) is 29.2 Å². The number of sulfonamides is 1. The van der Waals surface area contributed by atoms with Crippen molar-refractivity contribution < 1.29 is 22.7 Å². The van der Waals surface area contributed by atoms with Gasteiger partial charge in [0, 0.05) is 6.54 Å². The lowest BCUT2D eigenvalue weighted by Gasteiger charge is -2.25. The number of benzene rings is 2. The number of anilines is 1. The number of esters is 1. The van der Waals surface area contributed by atoms with Crippen LogP contribution in [0, 0.1) is 6.92 Å². The second kappa shape index (κ2) is 8.90. The third-order valence-electron chi connectivity index (χ3n) is 4.08. The zero-order valence-corrected chi connectivity index (χ0v) is 16.9. The van der Waals surface area contributed by atoms with Gasteiger partial charge < -0.3 is 9.47 Å². The molecule has 0 saturated heterocycles. The van der Waals surface area contributed by atoms with Crippen molar-refractivity contribution in [2.24, 2.45) is 0 Å². The van der Waals surface area contributed by atoms with E-state index >= 15 is 0 Å². The molecule has 0 aliphatic carbocycles. The fourth-order valence-electron chi connectivity index (χ4n) is 2.80. The molecule has 6 nitrogen and oxygen atoms in total. The third kappa shape index (κ3) is 4.42. The van der Waals surface area contributed by atoms with Crippen molar-refractivity contribution in [3.63, 3.8) is 0 Å². The molecule has 0 heterocycles. The molecule has 0 aliphatic rings. The molecule has 2 rings (SSSR count). The van der Waals surface area contributed by atoms with Crippen LogP contribution in [0.25, 0.3) is 0 Å². The Hall–Kier alpha value is -2.54. The highest BCUT2D eigenvalue weighted by Crippen LogP contribution is 2.29. The van der Waals surface area contributed by atoms with Crippen molar-refractivity contribution in [2.75, 3.05) is 24.1 Å². The molecular formula is C20H25NO5S. The van der Waals surface area contributed by atoms with Gasteiger partial charge in [0.05, 0.1) is 29.4 Å². The minimum Gasteiger partial charge on any atom is -0.494 e. The molecule has 7 heteroatoms. The smallest absolute Gasteiger partial charge is 0.338 e. The lowest BCUT2D eigenvalue weighted by molar-refractivity contribution is 0.0525. The zero-order chi connectivity index (χ0) is 20.0. The highest BCUT2D eigenvalue weighted by atomic mass is 32.2. The number of hydrogen-bond donors (Lipinski definition) is 0. The summed E-state index contributed by atoms with van der Waals surface area (Å²) in [7, 11) is -3.79. The van der Waals surface area contributed by atoms with Crippen LogP contribution in [0.2, 0.25) is 0 Å². The van der Waals surface area contributed by atoms with E-state index in [0.717, 1.165) is 0 Å². The first-order valence-electron chi connectivity index (χ1n) is 8.89. The summed E-state index contributed by atoms with van der Waals surface area (Å²) in [6.45, 7) is 8.05. The summed E-state index contributed by atoms with van der Waals surface area (Å²) >= 11 is 0. The normalized spacial score (nSPS) is 11.1. The summed E-state index contributed by atoms with van der Waals surface area (Å²) in [6.07, 6.45) is 0. The van der Waals surface area contributed by atoms with Crippen LogP contribution in [0.15, 0.2) is 47.4 Å². The van der Waals surface area contributed by atoms with E-state index in [2.05, 4.69) is 0 Å². The summed E-state index contributed by atoms with van der Waals surface area (Å²) in [5.74, 6) is 0.145. The molecule has 2 aromatic carbocycles. The molecule has 0 amide bonds. The molecule has 146 valence electrons. The average molecular weight is 391 g/mol. The lowest BCUT2D eigenvalue weighted by atomic mass is 10.1. The summed E-state index contributed by atoms with van der Waals surface area (Å²) in [4.78, 5) is 12.3. The summed E-state index contributed by atoms with van der Waals surface area (Å²) < 4.78 is 38.0. The zero-order valence-electron chi connectivity index (χ0n) is 16.1. The van der Waals surface area contributed by atoms with Crippen LogP contribution in [-0.4, -0.2) is 34.1 Å². The fourth-order valence-corrected chi connectivity index (χ4v) is 4.33. The van der Waals surface area contributed by atoms with Gasteiger partial charge >= 0.3 is 5.97 Å². The Kier molecular flexibility index (Phi) is 6.85. The Bertz CT molecular complexity index is 891. The van der Waals surface area contributed by atoms with Crippen LogP contribution in [0.4, 0.5) is 5.69 Å². The highest BCUT2D eigenvalue weighted by molar-refractivity contribution is 7.92. The van der Waals surface area contributed by atoms with Crippen molar-refractivity contribution in [3.05, 3.63) is 53.6 Å². The van der Waals surface area contributed by atoms with Crippen molar-refractivity contribution in [1.29, 1.82) is 0 Å². The Balaban J connectivity index is 2.46. The van der Waals surface area contributed by atoms with E-state index in [-0.39, 0.29) is 18.0 Å². The van der Waals surface area contributed by atoms with Crippen molar-refractivity contribution in [3.8, 4) is 5.75 Å². The van der Waals surface area contributed by atoms with Crippen LogP contribution in [0.5, 0.6) is 5.75 Å². The molecule has 2 aromatic rings. The molecule has 0 fully saturated rings. The third-order valence-corrected chi connectivity index (χ3v) is 5.98. The molecule has 0 N–H and O–H groups in total. The van der Waals surface area contributed by atoms with Crippen LogP contribution >= 0.6 is 0 Å². The van der Waals surface area contributed by atoms with E-state index < -0.39 is 16.0 Å². The van der Waals surface area contributed by atoms with Crippen LogP contribution < -0.4 is 9.04 Å². The first-order chi connectivity index (χ1) is 12.9. The predicted octanol–water partition coefficient (Wildman–Crippen LogP) is 3.79. The second-order valence-electron chi connectivity index (χ2n) is 5.74. The van der Waals surface area contributed by atoms with Crippen molar-refractivity contribution in [2.45, 2.75) is 32.6 Å². The number of nitrogens with zero attached hydrogens (tertiary/aromatic N) is 1. The number of hydrogen-bond acceptors (Lipinski definition) is 5. The van der Waals surface area contributed by atoms with Gasteiger partial charge in [0.2, 0.25) is 0 Å². The number of carbonyl (C=O) groups is 1. The van der Waals surface area contributed by atoms with Gasteiger partial charge in [0.15, 0.2) is 0 Å². The maximum Gasteiger partial charge on any atom is 0.338 e. The van der Waals surface area contributed by atoms with Gasteiger partial charge in [-0.15, -0.1) is 0 Å². The molecule has 0 atom stereocenters. The van der Waals surface area contributed by atoms with Gasteiger partial charge in [0.25, 0.3) is 10.0 Å². The minimum absolute atomic E-state index is 0.161. The van der Waals surface area contributed by atoms with Crippen LogP contribution in [-0.2, 0) is 14.8 Å². The second-order valence-corrected chi connectivity index (χ2v) is 7.61. The predicted molar refractivity (Wildman–Crippen MR) is 105 cm³/mol. The molecule has 0 bridgehead atoms. The molecule has 27 heavy (non-hydrogen) atoms. The molecule has 0 radical (unpaired) electrons. The quantitative estimate of drug-likeness (QED) is 0.640. The Labute approximate surface area is 160 Å². The molecule has 0 spiro atoms. The topological polar surface area (TPSA) is 72.9 Å². The van der Waals surface area contributed by atoms with Crippen molar-refractivity contribution >= 4 is 21.7 Å². The van der Waals surface area contributed by atoms with E-state index in [1.54, 1.807) is 51.1 Å². The number of carbonyl (C=O) groups excluding carboxylic acids is 1. The van der Waals surface area contributed by atoms with Crippen LogP contribution in [0.3, 0.4) is 0 Å². The van der Waals surface area contributed by atoms with Gasteiger partial charge in [-0.1, -0.05) is 6.07 Å². The Morgan fingerprint density at radius 1 is 1.00 bits per heavy atom.